The van der Waals surface area contributed by atoms with Crippen molar-refractivity contribution < 1.29 is 17.9 Å². The van der Waals surface area contributed by atoms with E-state index in [1.165, 1.54) is 12.8 Å². The lowest BCUT2D eigenvalue weighted by molar-refractivity contribution is -0.150. The Bertz CT molecular complexity index is 882. The molecule has 216 valence electrons. The van der Waals surface area contributed by atoms with Crippen LogP contribution in [0, 0.1) is 23.2 Å². The van der Waals surface area contributed by atoms with E-state index in [4.69, 9.17) is 10.1 Å². The summed E-state index contributed by atoms with van der Waals surface area (Å²) in [5, 5.41) is 26.7. The highest BCUT2D eigenvalue weighted by Gasteiger charge is 2.53. The van der Waals surface area contributed by atoms with E-state index < -0.39 is 12.2 Å². The quantitative estimate of drug-likeness (QED) is 0.262. The highest BCUT2D eigenvalue weighted by molar-refractivity contribution is 8.00. The Labute approximate surface area is 227 Å². The van der Waals surface area contributed by atoms with Gasteiger partial charge in [0.15, 0.2) is 5.96 Å². The minimum atomic E-state index is -4.22. The van der Waals surface area contributed by atoms with Crippen LogP contribution in [0.1, 0.15) is 19.3 Å². The lowest BCUT2D eigenvalue weighted by Crippen LogP contribution is -2.73. The molecule has 10 atom stereocenters. The van der Waals surface area contributed by atoms with Gasteiger partial charge in [-0.05, 0) is 43.9 Å². The number of nitrogens with zero attached hydrogens (tertiary/aromatic N) is 3. The van der Waals surface area contributed by atoms with Gasteiger partial charge in [-0.2, -0.15) is 24.9 Å². The van der Waals surface area contributed by atoms with E-state index >= 15 is 0 Å². The maximum absolute atomic E-state index is 13.3. The van der Waals surface area contributed by atoms with Crippen molar-refractivity contribution in [2.24, 2.45) is 17.8 Å². The lowest BCUT2D eigenvalue weighted by atomic mass is 9.87. The molecule has 5 heterocycles. The average Bonchev–Trinajstić information content (AvgIpc) is 3.44. The molecule has 14 heteroatoms. The molecule has 0 radical (unpaired) electrons. The second-order valence-corrected chi connectivity index (χ2v) is 13.3. The Balaban J connectivity index is 1.12. The maximum atomic E-state index is 13.3. The first-order chi connectivity index (χ1) is 18.2. The monoisotopic (exact) mass is 561 g/mol. The van der Waals surface area contributed by atoms with Crippen LogP contribution >= 0.6 is 11.8 Å². The molecule has 0 aromatic carbocycles. The fourth-order valence-corrected chi connectivity index (χ4v) is 8.86. The molecule has 0 bridgehead atoms. The van der Waals surface area contributed by atoms with Crippen molar-refractivity contribution in [3.05, 3.63) is 0 Å². The third kappa shape index (κ3) is 5.04. The van der Waals surface area contributed by atoms with Gasteiger partial charge in [0, 0.05) is 57.7 Å². The minimum Gasteiger partial charge on any atom is -0.366 e. The number of hydrogen-bond acceptors (Lipinski definition) is 9. The first-order valence-electron chi connectivity index (χ1n) is 13.9. The number of fused-ring (bicyclic) bond motifs is 1. The summed E-state index contributed by atoms with van der Waals surface area (Å²) in [7, 11) is 5.53. The SMILES string of the molecule is COC1NCNC(C2CC2)C1C1NCC2C(N1)N(CC1CC(C3NC(C(F)(F)F)CN3C)CS1)C(=N)N2C. The number of ether oxygens (including phenoxy) is 1. The molecule has 5 saturated heterocycles. The van der Waals surface area contributed by atoms with E-state index in [0.717, 1.165) is 25.4 Å². The van der Waals surface area contributed by atoms with E-state index in [-0.39, 0.29) is 54.4 Å². The summed E-state index contributed by atoms with van der Waals surface area (Å²) in [5.41, 5.74) is 0. The molecule has 38 heavy (non-hydrogen) atoms. The Kier molecular flexibility index (Phi) is 7.55. The number of methoxy groups -OCH3 is 1. The van der Waals surface area contributed by atoms with Gasteiger partial charge in [0.2, 0.25) is 0 Å². The molecular weight excluding hydrogens is 519 g/mol. The van der Waals surface area contributed by atoms with Gasteiger partial charge >= 0.3 is 6.18 Å². The topological polar surface area (TPSA) is 103 Å². The highest BCUT2D eigenvalue weighted by Crippen LogP contribution is 2.41. The van der Waals surface area contributed by atoms with Crippen molar-refractivity contribution in [2.75, 3.05) is 53.3 Å². The van der Waals surface area contributed by atoms with Crippen LogP contribution in [0.4, 0.5) is 13.2 Å². The van der Waals surface area contributed by atoms with E-state index in [1.807, 2.05) is 28.6 Å². The van der Waals surface area contributed by atoms with Gasteiger partial charge < -0.3 is 19.9 Å². The van der Waals surface area contributed by atoms with E-state index in [0.29, 0.717) is 24.5 Å². The van der Waals surface area contributed by atoms with E-state index in [1.54, 1.807) is 14.2 Å². The fraction of sp³-hybridized carbons (Fsp3) is 0.958. The fourth-order valence-electron chi connectivity index (χ4n) is 7.38. The van der Waals surface area contributed by atoms with Crippen LogP contribution in [0.15, 0.2) is 0 Å². The number of likely N-dealkylation sites (N-methyl/N-ethyl adjacent to an activating group) is 2. The summed E-state index contributed by atoms with van der Waals surface area (Å²) in [6.07, 6.45) is -1.17. The zero-order chi connectivity index (χ0) is 26.8. The summed E-state index contributed by atoms with van der Waals surface area (Å²) in [4.78, 5) is 6.05. The number of hydrogen-bond donors (Lipinski definition) is 6. The number of thioether (sulfide) groups is 1. The number of alkyl halides is 3. The van der Waals surface area contributed by atoms with Crippen LogP contribution in [0.2, 0.25) is 0 Å². The molecule has 0 spiro atoms. The Morgan fingerprint density at radius 2 is 1.87 bits per heavy atom. The van der Waals surface area contributed by atoms with Crippen LogP contribution in [-0.4, -0.2) is 128 Å². The molecule has 6 N–H and O–H groups in total. The minimum absolute atomic E-state index is 0.000394. The molecule has 6 fully saturated rings. The zero-order valence-electron chi connectivity index (χ0n) is 22.3. The number of halogens is 3. The third-order valence-corrected chi connectivity index (χ3v) is 11.0. The summed E-state index contributed by atoms with van der Waals surface area (Å²) in [5.74, 6) is 2.38. The second-order valence-electron chi connectivity index (χ2n) is 11.9. The van der Waals surface area contributed by atoms with Crippen molar-refractivity contribution >= 4 is 17.7 Å². The molecule has 0 aromatic heterocycles. The first kappa shape index (κ1) is 27.3. The predicted octanol–water partition coefficient (Wildman–Crippen LogP) is -0.187. The van der Waals surface area contributed by atoms with Crippen molar-refractivity contribution in [3.63, 3.8) is 0 Å². The first-order valence-corrected chi connectivity index (χ1v) is 14.9. The summed E-state index contributed by atoms with van der Waals surface area (Å²) < 4.78 is 45.8. The number of guanidine groups is 1. The van der Waals surface area contributed by atoms with Crippen LogP contribution in [-0.2, 0) is 4.74 Å². The van der Waals surface area contributed by atoms with Gasteiger partial charge in [-0.1, -0.05) is 0 Å². The standard InChI is InChI=1S/C24H42F3N9OS/c1-34-9-16(24(25,26)27)32-20(34)13-6-14(38-10-13)8-36-21-15(35(2)23(36)28)7-29-19(33-21)17-18(12-4-5-12)30-11-31-22(17)37-3/h12-22,28-33H,4-11H2,1-3H3. The normalized spacial score (nSPS) is 44.7. The van der Waals surface area contributed by atoms with Gasteiger partial charge in [-0.25, -0.2) is 0 Å². The Morgan fingerprint density at radius 3 is 2.55 bits per heavy atom. The molecule has 1 aliphatic carbocycles. The molecule has 10 unspecified atom stereocenters. The highest BCUT2D eigenvalue weighted by atomic mass is 32.2. The Morgan fingerprint density at radius 1 is 1.08 bits per heavy atom. The van der Waals surface area contributed by atoms with E-state index in [9.17, 15) is 13.2 Å². The van der Waals surface area contributed by atoms with Gasteiger partial charge in [-0.15, -0.1) is 0 Å². The molecule has 10 nitrogen and oxygen atoms in total. The summed E-state index contributed by atoms with van der Waals surface area (Å²) in [6, 6.07) is -0.948. The van der Waals surface area contributed by atoms with Crippen molar-refractivity contribution in [1.82, 2.24) is 41.3 Å². The molecule has 0 aromatic rings. The predicted molar refractivity (Wildman–Crippen MR) is 140 cm³/mol. The van der Waals surface area contributed by atoms with Crippen molar-refractivity contribution in [2.45, 2.75) is 73.5 Å². The van der Waals surface area contributed by atoms with Crippen LogP contribution < -0.4 is 26.6 Å². The van der Waals surface area contributed by atoms with Gasteiger partial charge in [0.1, 0.15) is 18.4 Å². The van der Waals surface area contributed by atoms with E-state index in [2.05, 4.69) is 31.5 Å². The van der Waals surface area contributed by atoms with Gasteiger partial charge in [0.05, 0.1) is 18.4 Å². The Hall–Kier alpha value is -0.870. The smallest absolute Gasteiger partial charge is 0.366 e. The maximum Gasteiger partial charge on any atom is 0.405 e. The second kappa shape index (κ2) is 10.5. The van der Waals surface area contributed by atoms with Gasteiger partial charge in [0.25, 0.3) is 0 Å². The number of rotatable bonds is 6. The molecule has 1 saturated carbocycles. The molecule has 6 aliphatic rings. The zero-order valence-corrected chi connectivity index (χ0v) is 23.1. The largest absolute Gasteiger partial charge is 0.405 e. The third-order valence-electron chi connectivity index (χ3n) is 9.55. The van der Waals surface area contributed by atoms with Gasteiger partial charge in [-0.3, -0.25) is 31.6 Å². The summed E-state index contributed by atoms with van der Waals surface area (Å²) in [6.45, 7) is 2.23. The van der Waals surface area contributed by atoms with Crippen LogP contribution in [0.5, 0.6) is 0 Å². The summed E-state index contributed by atoms with van der Waals surface area (Å²) >= 11 is 1.83. The number of nitrogens with one attached hydrogen (secondary N) is 6. The lowest BCUT2D eigenvalue weighted by Gasteiger charge is -2.48. The van der Waals surface area contributed by atoms with Crippen LogP contribution in [0.25, 0.3) is 0 Å². The molecule has 6 rings (SSSR count). The van der Waals surface area contributed by atoms with Crippen molar-refractivity contribution in [3.8, 4) is 0 Å². The molecule has 5 aliphatic heterocycles. The molecular formula is C24H42F3N9OS. The molecule has 0 amide bonds. The van der Waals surface area contributed by atoms with Crippen molar-refractivity contribution in [1.29, 1.82) is 5.41 Å². The average molecular weight is 562 g/mol. The van der Waals surface area contributed by atoms with Crippen LogP contribution in [0.3, 0.4) is 0 Å².